The molecule has 0 aliphatic carbocycles. The predicted molar refractivity (Wildman–Crippen MR) is 141 cm³/mol. The quantitative estimate of drug-likeness (QED) is 0.234. The van der Waals surface area contributed by atoms with Gasteiger partial charge in [-0.15, -0.1) is 11.8 Å². The van der Waals surface area contributed by atoms with E-state index in [9.17, 15) is 22.8 Å². The van der Waals surface area contributed by atoms with Gasteiger partial charge >= 0.3 is 11.9 Å². The van der Waals surface area contributed by atoms with Crippen LogP contribution in [0.2, 0.25) is 5.02 Å². The van der Waals surface area contributed by atoms with Gasteiger partial charge < -0.3 is 14.3 Å². The third-order valence-corrected chi connectivity index (χ3v) is 7.71. The number of hydrogen-bond acceptors (Lipinski definition) is 5. The number of aromatic amines is 2. The molecule has 3 aromatic carbocycles. The highest BCUT2D eigenvalue weighted by molar-refractivity contribution is 7.99. The minimum absolute atomic E-state index is 0.0443. The lowest BCUT2D eigenvalue weighted by Crippen LogP contribution is -2.23. The van der Waals surface area contributed by atoms with E-state index in [0.717, 1.165) is 28.4 Å². The van der Waals surface area contributed by atoms with Gasteiger partial charge in [-0.25, -0.2) is 9.78 Å². The van der Waals surface area contributed by atoms with Crippen LogP contribution in [0.15, 0.2) is 81.5 Å². The molecular weight excluding hydrogens is 541 g/mol. The predicted octanol–water partition coefficient (Wildman–Crippen LogP) is 5.79. The fourth-order valence-corrected chi connectivity index (χ4v) is 5.72. The van der Waals surface area contributed by atoms with Crippen LogP contribution in [0.25, 0.3) is 21.9 Å². The van der Waals surface area contributed by atoms with E-state index in [-0.39, 0.29) is 34.2 Å². The molecule has 0 spiro atoms. The van der Waals surface area contributed by atoms with E-state index in [2.05, 4.69) is 9.97 Å². The number of nitrogens with zero attached hydrogens (tertiary/aromatic N) is 2. The number of H-pyrrole nitrogens is 2. The molecule has 2 aromatic heterocycles. The number of aromatic nitrogens is 4. The van der Waals surface area contributed by atoms with Crippen molar-refractivity contribution in [3.8, 4) is 0 Å². The van der Waals surface area contributed by atoms with Gasteiger partial charge in [0.15, 0.2) is 0 Å². The van der Waals surface area contributed by atoms with Crippen molar-refractivity contribution in [2.24, 2.45) is 0 Å². The molecular formula is C26H20ClF3N4O3S. The Morgan fingerprint density at radius 3 is 2.55 bits per heavy atom. The molecule has 0 aliphatic rings. The number of fused-ring (bicyclic) bond motifs is 2. The van der Waals surface area contributed by atoms with Gasteiger partial charge in [0.05, 0.1) is 63.0 Å². The molecule has 196 valence electrons. The summed E-state index contributed by atoms with van der Waals surface area (Å²) in [6.45, 7) is 0.554. The number of nitrogens with one attached hydrogen (secondary N) is 2. The average Bonchev–Trinajstić information content (AvgIpc) is 3.31. The van der Waals surface area contributed by atoms with Gasteiger partial charge in [-0.3, -0.25) is 9.78 Å². The molecule has 5 rings (SSSR count). The van der Waals surface area contributed by atoms with Crippen molar-refractivity contribution in [1.29, 1.82) is 0 Å². The van der Waals surface area contributed by atoms with Gasteiger partial charge in [-0.05, 0) is 23.8 Å². The molecule has 12 heteroatoms. The molecule has 2 heterocycles. The number of benzene rings is 3. The Morgan fingerprint density at radius 2 is 1.79 bits per heavy atom. The molecule has 0 bridgehead atoms. The first kappa shape index (κ1) is 26.1. The second-order valence-electron chi connectivity index (χ2n) is 8.50. The summed E-state index contributed by atoms with van der Waals surface area (Å²) in [5.41, 5.74) is -0.439. The largest absolute Gasteiger partial charge is 0.417 e. The van der Waals surface area contributed by atoms with Crippen LogP contribution < -0.4 is 11.2 Å². The summed E-state index contributed by atoms with van der Waals surface area (Å²) in [5, 5.41) is -0.899. The summed E-state index contributed by atoms with van der Waals surface area (Å²) < 4.78 is 49.2. The highest BCUT2D eigenvalue weighted by Crippen LogP contribution is 2.43. The first-order valence-electron chi connectivity index (χ1n) is 11.4. The third-order valence-electron chi connectivity index (χ3n) is 5.95. The number of para-hydroxylation sites is 2. The number of halogens is 4. The zero-order chi connectivity index (χ0) is 26.9. The maximum atomic E-state index is 13.8. The summed E-state index contributed by atoms with van der Waals surface area (Å²) in [6, 6.07) is 17.3. The van der Waals surface area contributed by atoms with Gasteiger partial charge in [0.2, 0.25) is 0 Å². The highest BCUT2D eigenvalue weighted by Gasteiger charge is 2.36. The van der Waals surface area contributed by atoms with Crippen molar-refractivity contribution in [3.05, 3.63) is 104 Å². The Morgan fingerprint density at radius 1 is 1.05 bits per heavy atom. The summed E-state index contributed by atoms with van der Waals surface area (Å²) in [7, 11) is 0. The lowest BCUT2D eigenvalue weighted by molar-refractivity contribution is -0.137. The van der Waals surface area contributed by atoms with Crippen LogP contribution in [0.1, 0.15) is 17.2 Å². The Bertz CT molecular complexity index is 1720. The van der Waals surface area contributed by atoms with Crippen molar-refractivity contribution in [3.63, 3.8) is 0 Å². The van der Waals surface area contributed by atoms with Crippen LogP contribution in [-0.4, -0.2) is 31.9 Å². The summed E-state index contributed by atoms with van der Waals surface area (Å²) in [4.78, 5) is 33.1. The van der Waals surface area contributed by atoms with Gasteiger partial charge in [-0.2, -0.15) is 13.2 Å². The summed E-state index contributed by atoms with van der Waals surface area (Å²) in [5.74, 6) is 0.208. The molecule has 0 radical (unpaired) electrons. The molecule has 0 aliphatic heterocycles. The van der Waals surface area contributed by atoms with Crippen LogP contribution >= 0.6 is 23.4 Å². The number of rotatable bonds is 8. The van der Waals surface area contributed by atoms with E-state index >= 15 is 0 Å². The van der Waals surface area contributed by atoms with Crippen molar-refractivity contribution >= 4 is 45.3 Å². The Labute approximate surface area is 222 Å². The number of thioether (sulfide) groups is 1. The molecule has 0 fully saturated rings. The van der Waals surface area contributed by atoms with Gasteiger partial charge in [0.1, 0.15) is 0 Å². The minimum Gasteiger partial charge on any atom is -0.375 e. The fraction of sp³-hybridized carbons (Fsp3) is 0.192. The van der Waals surface area contributed by atoms with E-state index in [0.29, 0.717) is 12.7 Å². The normalized spacial score (nSPS) is 12.8. The number of imidazole rings is 1. The minimum atomic E-state index is -4.80. The standard InChI is InChI=1S/C26H20ClF3N4O3S/c27-21-18(26(28,29)30)10-17-22(32-25(36)33-24(17)35)23(21)38-13-16(12-37-11-15-6-2-1-3-7-15)34-14-31-19-8-4-5-9-20(19)34/h1-10,14,16H,11-13H2,(H2,32,33,35,36). The molecule has 0 amide bonds. The van der Waals surface area contributed by atoms with E-state index in [4.69, 9.17) is 16.3 Å². The van der Waals surface area contributed by atoms with E-state index in [1.165, 1.54) is 0 Å². The van der Waals surface area contributed by atoms with Crippen molar-refractivity contribution < 1.29 is 17.9 Å². The molecule has 7 nitrogen and oxygen atoms in total. The maximum absolute atomic E-state index is 13.8. The van der Waals surface area contributed by atoms with Crippen LogP contribution in [0, 0.1) is 0 Å². The monoisotopic (exact) mass is 560 g/mol. The average molecular weight is 561 g/mol. The second-order valence-corrected chi connectivity index (χ2v) is 9.91. The fourth-order valence-electron chi connectivity index (χ4n) is 4.14. The first-order valence-corrected chi connectivity index (χ1v) is 12.8. The smallest absolute Gasteiger partial charge is 0.375 e. The summed E-state index contributed by atoms with van der Waals surface area (Å²) in [6.07, 6.45) is -3.15. The number of ether oxygens (including phenoxy) is 1. The molecule has 5 aromatic rings. The first-order chi connectivity index (χ1) is 18.2. The number of hydrogen-bond donors (Lipinski definition) is 2. The van der Waals surface area contributed by atoms with Crippen molar-refractivity contribution in [1.82, 2.24) is 19.5 Å². The zero-order valence-corrected chi connectivity index (χ0v) is 21.2. The Kier molecular flexibility index (Phi) is 7.33. The molecule has 1 atom stereocenters. The molecule has 2 N–H and O–H groups in total. The number of alkyl halides is 3. The molecule has 0 saturated heterocycles. The van der Waals surface area contributed by atoms with Gasteiger partial charge in [0.25, 0.3) is 5.56 Å². The topological polar surface area (TPSA) is 92.8 Å². The lowest BCUT2D eigenvalue weighted by Gasteiger charge is -2.21. The molecule has 1 unspecified atom stereocenters. The van der Waals surface area contributed by atoms with Crippen LogP contribution in [0.3, 0.4) is 0 Å². The van der Waals surface area contributed by atoms with Crippen LogP contribution in [0.4, 0.5) is 13.2 Å². The maximum Gasteiger partial charge on any atom is 0.417 e. The Balaban J connectivity index is 1.52. The van der Waals surface area contributed by atoms with Gasteiger partial charge in [0, 0.05) is 5.75 Å². The van der Waals surface area contributed by atoms with Crippen molar-refractivity contribution in [2.75, 3.05) is 12.4 Å². The van der Waals surface area contributed by atoms with Crippen LogP contribution in [-0.2, 0) is 17.5 Å². The lowest BCUT2D eigenvalue weighted by atomic mass is 10.1. The van der Waals surface area contributed by atoms with Crippen molar-refractivity contribution in [2.45, 2.75) is 23.7 Å². The SMILES string of the molecule is O=c1[nH]c(=O)c2cc(C(F)(F)F)c(Cl)c(SCC(COCc3ccccc3)n3cnc4ccccc43)c2[nH]1. The zero-order valence-electron chi connectivity index (χ0n) is 19.6. The van der Waals surface area contributed by atoms with E-state index in [1.807, 2.05) is 64.1 Å². The van der Waals surface area contributed by atoms with E-state index < -0.39 is 28.0 Å². The second kappa shape index (κ2) is 10.7. The molecule has 38 heavy (non-hydrogen) atoms. The summed E-state index contributed by atoms with van der Waals surface area (Å²) >= 11 is 7.24. The Hall–Kier alpha value is -3.54. The molecule has 0 saturated carbocycles. The highest BCUT2D eigenvalue weighted by atomic mass is 35.5. The van der Waals surface area contributed by atoms with Gasteiger partial charge in [-0.1, -0.05) is 54.1 Å². The van der Waals surface area contributed by atoms with Crippen LogP contribution in [0.5, 0.6) is 0 Å². The van der Waals surface area contributed by atoms with E-state index in [1.54, 1.807) is 6.33 Å². The third kappa shape index (κ3) is 5.35.